The highest BCUT2D eigenvalue weighted by Gasteiger charge is 2.12. The van der Waals surface area contributed by atoms with E-state index in [0.29, 0.717) is 5.82 Å². The summed E-state index contributed by atoms with van der Waals surface area (Å²) in [6.07, 6.45) is 1.02. The lowest BCUT2D eigenvalue weighted by Gasteiger charge is -2.05. The second kappa shape index (κ2) is 5.40. The fourth-order valence-corrected chi connectivity index (χ4v) is 2.27. The van der Waals surface area contributed by atoms with Gasteiger partial charge in [-0.3, -0.25) is 0 Å². The highest BCUT2D eigenvalue weighted by atomic mass is 15.5. The van der Waals surface area contributed by atoms with E-state index in [1.165, 1.54) is 11.1 Å². The number of aryl methyl sites for hydroxylation is 2. The van der Waals surface area contributed by atoms with Gasteiger partial charge in [-0.1, -0.05) is 54.1 Å². The van der Waals surface area contributed by atoms with Crippen molar-refractivity contribution in [1.29, 1.82) is 0 Å². The molecular weight excluding hydrogens is 260 g/mol. The zero-order chi connectivity index (χ0) is 14.8. The van der Waals surface area contributed by atoms with Gasteiger partial charge in [-0.15, -0.1) is 5.10 Å². The molecule has 1 heterocycles. The van der Waals surface area contributed by atoms with Crippen molar-refractivity contribution in [3.8, 4) is 16.9 Å². The van der Waals surface area contributed by atoms with Crippen molar-refractivity contribution in [3.63, 3.8) is 0 Å². The average Bonchev–Trinajstić information content (AvgIpc) is 2.90. The lowest BCUT2D eigenvalue weighted by Crippen LogP contribution is -2.02. The van der Waals surface area contributed by atoms with Crippen LogP contribution in [0.1, 0.15) is 18.1 Å². The van der Waals surface area contributed by atoms with Gasteiger partial charge in [0, 0.05) is 5.56 Å². The lowest BCUT2D eigenvalue weighted by molar-refractivity contribution is 0.810. The molecule has 3 rings (SSSR count). The summed E-state index contributed by atoms with van der Waals surface area (Å²) in [4.78, 5) is 0. The number of anilines is 1. The first-order chi connectivity index (χ1) is 10.2. The summed E-state index contributed by atoms with van der Waals surface area (Å²) in [7, 11) is 0. The summed E-state index contributed by atoms with van der Waals surface area (Å²) < 4.78 is 1.68. The van der Waals surface area contributed by atoms with Crippen molar-refractivity contribution in [2.45, 2.75) is 20.3 Å². The number of nitrogens with two attached hydrogens (primary N) is 1. The highest BCUT2D eigenvalue weighted by molar-refractivity contribution is 5.71. The second-order valence-corrected chi connectivity index (χ2v) is 5.12. The third-order valence-corrected chi connectivity index (χ3v) is 3.62. The quantitative estimate of drug-likeness (QED) is 0.799. The van der Waals surface area contributed by atoms with Gasteiger partial charge in [0.1, 0.15) is 5.69 Å². The van der Waals surface area contributed by atoms with E-state index in [4.69, 9.17) is 5.73 Å². The maximum absolute atomic E-state index is 6.21. The fourth-order valence-electron chi connectivity index (χ4n) is 2.27. The van der Waals surface area contributed by atoms with E-state index < -0.39 is 0 Å². The van der Waals surface area contributed by atoms with Gasteiger partial charge in [0.25, 0.3) is 0 Å². The molecule has 0 saturated carbocycles. The Labute approximate surface area is 124 Å². The standard InChI is InChI=1S/C17H18N4/c1-3-13-6-10-15(11-7-13)21-17(18)16(19-20-21)14-8-4-12(2)5-9-14/h4-11H,3,18H2,1-2H3. The minimum atomic E-state index is 0.558. The maximum Gasteiger partial charge on any atom is 0.155 e. The van der Waals surface area contributed by atoms with Crippen molar-refractivity contribution >= 4 is 5.82 Å². The number of rotatable bonds is 3. The molecule has 0 spiro atoms. The van der Waals surface area contributed by atoms with Crippen LogP contribution in [0.3, 0.4) is 0 Å². The van der Waals surface area contributed by atoms with Crippen LogP contribution in [0.2, 0.25) is 0 Å². The van der Waals surface area contributed by atoms with Gasteiger partial charge < -0.3 is 5.73 Å². The Bertz CT molecular complexity index is 739. The lowest BCUT2D eigenvalue weighted by atomic mass is 10.1. The van der Waals surface area contributed by atoms with Crippen LogP contribution >= 0.6 is 0 Å². The molecule has 0 unspecified atom stereocenters. The van der Waals surface area contributed by atoms with Crippen LogP contribution < -0.4 is 5.73 Å². The van der Waals surface area contributed by atoms with Crippen LogP contribution in [0.25, 0.3) is 16.9 Å². The zero-order valence-corrected chi connectivity index (χ0v) is 12.2. The molecule has 106 valence electrons. The van der Waals surface area contributed by atoms with Crippen molar-refractivity contribution < 1.29 is 0 Å². The molecule has 4 nitrogen and oxygen atoms in total. The molecule has 2 aromatic carbocycles. The molecule has 0 fully saturated rings. The highest BCUT2D eigenvalue weighted by Crippen LogP contribution is 2.25. The molecule has 0 amide bonds. The molecule has 2 N–H and O–H groups in total. The van der Waals surface area contributed by atoms with E-state index in [1.807, 2.05) is 36.4 Å². The smallest absolute Gasteiger partial charge is 0.155 e. The summed E-state index contributed by atoms with van der Waals surface area (Å²) >= 11 is 0. The Morgan fingerprint density at radius 1 is 1.00 bits per heavy atom. The third-order valence-electron chi connectivity index (χ3n) is 3.62. The van der Waals surface area contributed by atoms with Crippen LogP contribution in [0.4, 0.5) is 5.82 Å². The molecule has 21 heavy (non-hydrogen) atoms. The van der Waals surface area contributed by atoms with Crippen LogP contribution in [-0.2, 0) is 6.42 Å². The van der Waals surface area contributed by atoms with Crippen molar-refractivity contribution in [1.82, 2.24) is 15.0 Å². The van der Waals surface area contributed by atoms with Crippen molar-refractivity contribution in [2.24, 2.45) is 0 Å². The van der Waals surface area contributed by atoms with E-state index in [9.17, 15) is 0 Å². The second-order valence-electron chi connectivity index (χ2n) is 5.12. The predicted octanol–water partition coefficient (Wildman–Crippen LogP) is 3.39. The summed E-state index contributed by atoms with van der Waals surface area (Å²) in [5.74, 6) is 0.558. The van der Waals surface area contributed by atoms with Gasteiger partial charge in [0.15, 0.2) is 5.82 Å². The van der Waals surface area contributed by atoms with Crippen molar-refractivity contribution in [2.75, 3.05) is 5.73 Å². The molecular formula is C17H18N4. The van der Waals surface area contributed by atoms with Gasteiger partial charge in [-0.05, 0) is 31.0 Å². The molecule has 4 heteroatoms. The third kappa shape index (κ3) is 2.52. The largest absolute Gasteiger partial charge is 0.382 e. The van der Waals surface area contributed by atoms with Crippen LogP contribution in [-0.4, -0.2) is 15.0 Å². The number of nitrogens with zero attached hydrogens (tertiary/aromatic N) is 3. The first kappa shape index (κ1) is 13.4. The summed E-state index contributed by atoms with van der Waals surface area (Å²) in [5, 5.41) is 8.40. The predicted molar refractivity (Wildman–Crippen MR) is 85.3 cm³/mol. The molecule has 0 aliphatic rings. The van der Waals surface area contributed by atoms with E-state index in [1.54, 1.807) is 4.68 Å². The minimum Gasteiger partial charge on any atom is -0.382 e. The first-order valence-corrected chi connectivity index (χ1v) is 7.06. The number of hydrogen-bond acceptors (Lipinski definition) is 3. The molecule has 0 aliphatic heterocycles. The molecule has 0 saturated heterocycles. The molecule has 0 atom stereocenters. The number of hydrogen-bond donors (Lipinski definition) is 1. The minimum absolute atomic E-state index is 0.558. The summed E-state index contributed by atoms with van der Waals surface area (Å²) in [5.41, 5.74) is 11.3. The van der Waals surface area contributed by atoms with Gasteiger partial charge in [-0.2, -0.15) is 4.68 Å². The molecule has 3 aromatic rings. The molecule has 0 radical (unpaired) electrons. The Hall–Kier alpha value is -2.62. The Morgan fingerprint density at radius 3 is 2.29 bits per heavy atom. The topological polar surface area (TPSA) is 56.7 Å². The summed E-state index contributed by atoms with van der Waals surface area (Å²) in [6.45, 7) is 4.19. The monoisotopic (exact) mass is 278 g/mol. The van der Waals surface area contributed by atoms with Crippen molar-refractivity contribution in [3.05, 3.63) is 59.7 Å². The Kier molecular flexibility index (Phi) is 3.44. The van der Waals surface area contributed by atoms with Crippen LogP contribution in [0.5, 0.6) is 0 Å². The molecule has 0 aliphatic carbocycles. The number of aromatic nitrogens is 3. The Balaban J connectivity index is 2.00. The average molecular weight is 278 g/mol. The number of nitrogen functional groups attached to an aromatic ring is 1. The van der Waals surface area contributed by atoms with E-state index >= 15 is 0 Å². The number of benzene rings is 2. The van der Waals surface area contributed by atoms with Crippen LogP contribution in [0.15, 0.2) is 48.5 Å². The van der Waals surface area contributed by atoms with E-state index in [-0.39, 0.29) is 0 Å². The van der Waals surface area contributed by atoms with Gasteiger partial charge in [-0.25, -0.2) is 0 Å². The zero-order valence-electron chi connectivity index (χ0n) is 12.2. The SMILES string of the molecule is CCc1ccc(-n2nnc(-c3ccc(C)cc3)c2N)cc1. The Morgan fingerprint density at radius 2 is 1.67 bits per heavy atom. The summed E-state index contributed by atoms with van der Waals surface area (Å²) in [6, 6.07) is 16.3. The van der Waals surface area contributed by atoms with Gasteiger partial charge >= 0.3 is 0 Å². The van der Waals surface area contributed by atoms with E-state index in [2.05, 4.69) is 36.3 Å². The van der Waals surface area contributed by atoms with Crippen LogP contribution in [0, 0.1) is 6.92 Å². The normalized spacial score (nSPS) is 10.8. The van der Waals surface area contributed by atoms with Gasteiger partial charge in [0.2, 0.25) is 0 Å². The maximum atomic E-state index is 6.21. The first-order valence-electron chi connectivity index (χ1n) is 7.06. The van der Waals surface area contributed by atoms with Gasteiger partial charge in [0.05, 0.1) is 5.69 Å². The van der Waals surface area contributed by atoms with E-state index in [0.717, 1.165) is 23.4 Å². The molecule has 1 aromatic heterocycles. The molecule has 0 bridgehead atoms. The fraction of sp³-hybridized carbons (Fsp3) is 0.176.